The van der Waals surface area contributed by atoms with Crippen LogP contribution < -0.4 is 10.6 Å². The lowest BCUT2D eigenvalue weighted by molar-refractivity contribution is -0.119. The van der Waals surface area contributed by atoms with Crippen LogP contribution in [-0.4, -0.2) is 45.5 Å². The molecule has 1 rings (SSSR count). The Bertz CT molecular complexity index is 334. The number of piperidine rings is 1. The van der Waals surface area contributed by atoms with Crippen molar-refractivity contribution in [3.63, 3.8) is 0 Å². The fourth-order valence-electron chi connectivity index (χ4n) is 1.96. The van der Waals surface area contributed by atoms with E-state index in [0.717, 1.165) is 32.2 Å². The maximum absolute atomic E-state index is 11.4. The summed E-state index contributed by atoms with van der Waals surface area (Å²) in [6.07, 6.45) is 3.25. The maximum Gasteiger partial charge on any atom is 0.235 e. The molecule has 0 bridgehead atoms. The molecule has 0 spiro atoms. The zero-order valence-electron chi connectivity index (χ0n) is 9.82. The number of amides is 1. The summed E-state index contributed by atoms with van der Waals surface area (Å²) in [5.74, 6) is -0.421. The lowest BCUT2D eigenvalue weighted by Gasteiger charge is -2.28. The summed E-state index contributed by atoms with van der Waals surface area (Å²) in [5, 5.41) is 6.02. The lowest BCUT2D eigenvalue weighted by atomic mass is 9.93. The Balaban J connectivity index is 2.38. The summed E-state index contributed by atoms with van der Waals surface area (Å²) in [4.78, 5) is 11.4. The number of carbonyl (C=O) groups is 1. The molecule has 94 valence electrons. The van der Waals surface area contributed by atoms with Crippen LogP contribution in [0.5, 0.6) is 0 Å². The molecule has 1 heterocycles. The molecule has 0 aromatic heterocycles. The lowest BCUT2D eigenvalue weighted by Crippen LogP contribution is -2.46. The van der Waals surface area contributed by atoms with Gasteiger partial charge in [-0.1, -0.05) is 0 Å². The topological polar surface area (TPSA) is 75.3 Å². The summed E-state index contributed by atoms with van der Waals surface area (Å²) in [6.45, 7) is 3.85. The minimum absolute atomic E-state index is 0.0297. The quantitative estimate of drug-likeness (QED) is 0.705. The van der Waals surface area contributed by atoms with Crippen LogP contribution >= 0.6 is 0 Å². The van der Waals surface area contributed by atoms with Crippen molar-refractivity contribution in [2.75, 3.05) is 25.1 Å². The summed E-state index contributed by atoms with van der Waals surface area (Å²) >= 11 is 0. The van der Waals surface area contributed by atoms with Gasteiger partial charge in [-0.25, -0.2) is 8.42 Å². The van der Waals surface area contributed by atoms with E-state index in [-0.39, 0.29) is 6.04 Å². The summed E-state index contributed by atoms with van der Waals surface area (Å²) < 4.78 is 21.9. The molecular weight excluding hydrogens is 228 g/mol. The fourth-order valence-corrected chi connectivity index (χ4v) is 2.52. The molecule has 1 aliphatic rings. The minimum Gasteiger partial charge on any atom is -0.352 e. The van der Waals surface area contributed by atoms with Crippen LogP contribution in [0.15, 0.2) is 0 Å². The van der Waals surface area contributed by atoms with Gasteiger partial charge in [0.1, 0.15) is 5.75 Å². The molecule has 2 unspecified atom stereocenters. The van der Waals surface area contributed by atoms with Gasteiger partial charge in [-0.15, -0.1) is 0 Å². The van der Waals surface area contributed by atoms with Crippen LogP contribution in [0.4, 0.5) is 0 Å². The van der Waals surface area contributed by atoms with E-state index >= 15 is 0 Å². The van der Waals surface area contributed by atoms with E-state index in [2.05, 4.69) is 10.6 Å². The Hall–Kier alpha value is -0.620. The Morgan fingerprint density at radius 3 is 2.75 bits per heavy atom. The summed E-state index contributed by atoms with van der Waals surface area (Å²) in [5.41, 5.74) is 0. The molecule has 6 heteroatoms. The predicted octanol–water partition coefficient (Wildman–Crippen LogP) is -0.465. The van der Waals surface area contributed by atoms with Crippen molar-refractivity contribution in [3.05, 3.63) is 0 Å². The second-order valence-corrected chi connectivity index (χ2v) is 6.67. The highest BCUT2D eigenvalue weighted by Gasteiger charge is 2.22. The molecule has 5 nitrogen and oxygen atoms in total. The first kappa shape index (κ1) is 13.4. The number of rotatable bonds is 4. The van der Waals surface area contributed by atoms with E-state index in [1.165, 1.54) is 0 Å². The Kier molecular flexibility index (Phi) is 4.73. The molecular formula is C10H20N2O3S. The van der Waals surface area contributed by atoms with Gasteiger partial charge in [0.25, 0.3) is 0 Å². The van der Waals surface area contributed by atoms with Crippen LogP contribution in [0.3, 0.4) is 0 Å². The zero-order valence-corrected chi connectivity index (χ0v) is 10.6. The van der Waals surface area contributed by atoms with Gasteiger partial charge in [0.05, 0.1) is 0 Å². The summed E-state index contributed by atoms with van der Waals surface area (Å²) in [6, 6.07) is 0.0297. The summed E-state index contributed by atoms with van der Waals surface area (Å²) in [7, 11) is -3.23. The SMILES string of the molecule is CC(NC(=O)CS(C)(=O)=O)C1CCCNC1. The highest BCUT2D eigenvalue weighted by molar-refractivity contribution is 7.91. The molecule has 1 amide bonds. The molecule has 16 heavy (non-hydrogen) atoms. The second-order valence-electron chi connectivity index (χ2n) is 4.53. The normalized spacial score (nSPS) is 23.8. The van der Waals surface area contributed by atoms with Gasteiger partial charge in [-0.2, -0.15) is 0 Å². The number of nitrogens with one attached hydrogen (secondary N) is 2. The Morgan fingerprint density at radius 1 is 1.56 bits per heavy atom. The highest BCUT2D eigenvalue weighted by atomic mass is 32.2. The van der Waals surface area contributed by atoms with Crippen molar-refractivity contribution < 1.29 is 13.2 Å². The standard InChI is InChI=1S/C10H20N2O3S/c1-8(9-4-3-5-11-6-9)12-10(13)7-16(2,14)15/h8-9,11H,3-7H2,1-2H3,(H,12,13). The van der Waals surface area contributed by atoms with Crippen LogP contribution in [-0.2, 0) is 14.6 Å². The van der Waals surface area contributed by atoms with Gasteiger partial charge in [-0.05, 0) is 38.8 Å². The third kappa shape index (κ3) is 4.94. The zero-order chi connectivity index (χ0) is 12.2. The monoisotopic (exact) mass is 248 g/mol. The molecule has 2 N–H and O–H groups in total. The van der Waals surface area contributed by atoms with Crippen LogP contribution in [0.2, 0.25) is 0 Å². The van der Waals surface area contributed by atoms with Gasteiger partial charge >= 0.3 is 0 Å². The number of carbonyl (C=O) groups excluding carboxylic acids is 1. The molecule has 0 saturated carbocycles. The Morgan fingerprint density at radius 2 is 2.25 bits per heavy atom. The van der Waals surface area contributed by atoms with E-state index < -0.39 is 21.5 Å². The average molecular weight is 248 g/mol. The van der Waals surface area contributed by atoms with Crippen molar-refractivity contribution in [2.45, 2.75) is 25.8 Å². The smallest absolute Gasteiger partial charge is 0.235 e. The maximum atomic E-state index is 11.4. The van der Waals surface area contributed by atoms with E-state index in [1.54, 1.807) is 0 Å². The van der Waals surface area contributed by atoms with Crippen LogP contribution in [0.1, 0.15) is 19.8 Å². The second kappa shape index (κ2) is 5.63. The molecule has 1 aliphatic heterocycles. The van der Waals surface area contributed by atoms with Crippen LogP contribution in [0.25, 0.3) is 0 Å². The third-order valence-electron chi connectivity index (χ3n) is 2.82. The number of hydrogen-bond acceptors (Lipinski definition) is 4. The van der Waals surface area contributed by atoms with Crippen molar-refractivity contribution >= 4 is 15.7 Å². The largest absolute Gasteiger partial charge is 0.352 e. The van der Waals surface area contributed by atoms with Crippen molar-refractivity contribution in [2.24, 2.45) is 5.92 Å². The molecule has 1 fully saturated rings. The van der Waals surface area contributed by atoms with Crippen LogP contribution in [0, 0.1) is 5.92 Å². The highest BCUT2D eigenvalue weighted by Crippen LogP contribution is 2.13. The van der Waals surface area contributed by atoms with Crippen molar-refractivity contribution in [1.29, 1.82) is 0 Å². The minimum atomic E-state index is -3.23. The first-order valence-corrected chi connectivity index (χ1v) is 7.62. The first-order valence-electron chi connectivity index (χ1n) is 5.56. The van der Waals surface area contributed by atoms with Gasteiger partial charge in [0.15, 0.2) is 9.84 Å². The van der Waals surface area contributed by atoms with E-state index in [9.17, 15) is 13.2 Å². The molecule has 0 aromatic carbocycles. The molecule has 0 aliphatic carbocycles. The van der Waals surface area contributed by atoms with Gasteiger partial charge in [0.2, 0.25) is 5.91 Å². The number of sulfone groups is 1. The van der Waals surface area contributed by atoms with E-state index in [1.807, 2.05) is 6.92 Å². The predicted molar refractivity (Wildman–Crippen MR) is 62.9 cm³/mol. The molecule has 1 saturated heterocycles. The van der Waals surface area contributed by atoms with Crippen molar-refractivity contribution in [3.8, 4) is 0 Å². The third-order valence-corrected chi connectivity index (χ3v) is 3.61. The van der Waals surface area contributed by atoms with Gasteiger partial charge in [-0.3, -0.25) is 4.79 Å². The average Bonchev–Trinajstić information content (AvgIpc) is 2.16. The van der Waals surface area contributed by atoms with Gasteiger partial charge in [0, 0.05) is 12.3 Å². The molecule has 0 radical (unpaired) electrons. The van der Waals surface area contributed by atoms with Crippen molar-refractivity contribution in [1.82, 2.24) is 10.6 Å². The molecule has 0 aromatic rings. The first-order chi connectivity index (χ1) is 7.38. The van der Waals surface area contributed by atoms with Gasteiger partial charge < -0.3 is 10.6 Å². The van der Waals surface area contributed by atoms with E-state index in [4.69, 9.17) is 0 Å². The van der Waals surface area contributed by atoms with E-state index in [0.29, 0.717) is 5.92 Å². The fraction of sp³-hybridized carbons (Fsp3) is 0.900. The Labute approximate surface area is 96.9 Å². The number of hydrogen-bond donors (Lipinski definition) is 2. The molecule has 2 atom stereocenters.